The standard InChI is InChI=1S/C21H26ClN3O2/c1-14-11-15(2)20(16(3)12-14)23-21(26)25-9-7-24(8-10-25)17-5-6-19(27-4)18(22)13-17/h5-6,11-13H,7-10H2,1-4H3,(H,23,26). The second-order valence-corrected chi connectivity index (χ2v) is 7.40. The Labute approximate surface area is 165 Å². The third-order valence-corrected chi connectivity index (χ3v) is 5.27. The van der Waals surface area contributed by atoms with Crippen molar-refractivity contribution in [2.45, 2.75) is 20.8 Å². The van der Waals surface area contributed by atoms with E-state index in [0.29, 0.717) is 23.9 Å². The minimum Gasteiger partial charge on any atom is -0.495 e. The average Bonchev–Trinajstić information content (AvgIpc) is 2.64. The van der Waals surface area contributed by atoms with Crippen molar-refractivity contribution in [3.8, 4) is 5.75 Å². The Morgan fingerprint density at radius 2 is 1.67 bits per heavy atom. The summed E-state index contributed by atoms with van der Waals surface area (Å²) in [4.78, 5) is 16.8. The number of hydrogen-bond donors (Lipinski definition) is 1. The molecule has 1 heterocycles. The number of anilines is 2. The van der Waals surface area contributed by atoms with Crippen molar-refractivity contribution in [3.05, 3.63) is 52.0 Å². The molecule has 0 unspecified atom stereocenters. The number of urea groups is 1. The van der Waals surface area contributed by atoms with Gasteiger partial charge in [-0.3, -0.25) is 0 Å². The van der Waals surface area contributed by atoms with Gasteiger partial charge in [-0.05, 0) is 50.1 Å². The lowest BCUT2D eigenvalue weighted by atomic mass is 10.1. The summed E-state index contributed by atoms with van der Waals surface area (Å²) in [5.74, 6) is 0.669. The molecule has 0 aliphatic carbocycles. The molecular formula is C21H26ClN3O2. The molecule has 2 amide bonds. The van der Waals surface area contributed by atoms with E-state index in [0.717, 1.165) is 35.6 Å². The number of carbonyl (C=O) groups is 1. The Hall–Kier alpha value is -2.40. The zero-order chi connectivity index (χ0) is 19.6. The molecule has 0 atom stereocenters. The largest absolute Gasteiger partial charge is 0.495 e. The molecule has 6 heteroatoms. The molecule has 1 fully saturated rings. The zero-order valence-electron chi connectivity index (χ0n) is 16.3. The molecule has 3 rings (SSSR count). The maximum atomic E-state index is 12.7. The number of nitrogens with one attached hydrogen (secondary N) is 1. The Kier molecular flexibility index (Phi) is 5.80. The molecule has 5 nitrogen and oxygen atoms in total. The third kappa shape index (κ3) is 4.30. The van der Waals surface area contributed by atoms with Gasteiger partial charge in [-0.15, -0.1) is 0 Å². The van der Waals surface area contributed by atoms with Crippen LogP contribution < -0.4 is 15.0 Å². The van der Waals surface area contributed by atoms with Gasteiger partial charge in [0.05, 0.1) is 12.1 Å². The Morgan fingerprint density at radius 1 is 1.04 bits per heavy atom. The topological polar surface area (TPSA) is 44.8 Å². The van der Waals surface area contributed by atoms with Crippen LogP contribution in [0.3, 0.4) is 0 Å². The number of hydrogen-bond acceptors (Lipinski definition) is 3. The first-order valence-electron chi connectivity index (χ1n) is 9.11. The molecule has 0 bridgehead atoms. The van der Waals surface area contributed by atoms with E-state index in [1.54, 1.807) is 7.11 Å². The van der Waals surface area contributed by atoms with Crippen LogP contribution in [0, 0.1) is 20.8 Å². The number of rotatable bonds is 3. The number of amides is 2. The number of halogens is 1. The van der Waals surface area contributed by atoms with Gasteiger partial charge >= 0.3 is 6.03 Å². The van der Waals surface area contributed by atoms with E-state index in [4.69, 9.17) is 16.3 Å². The molecular weight excluding hydrogens is 362 g/mol. The van der Waals surface area contributed by atoms with Crippen LogP contribution in [0.25, 0.3) is 0 Å². The van der Waals surface area contributed by atoms with Crippen LogP contribution in [0.4, 0.5) is 16.2 Å². The zero-order valence-corrected chi connectivity index (χ0v) is 17.1. The minimum atomic E-state index is -0.0440. The van der Waals surface area contributed by atoms with Crippen LogP contribution in [-0.4, -0.2) is 44.2 Å². The van der Waals surface area contributed by atoms with Gasteiger partial charge in [-0.2, -0.15) is 0 Å². The van der Waals surface area contributed by atoms with Gasteiger partial charge in [0.25, 0.3) is 0 Å². The fourth-order valence-corrected chi connectivity index (χ4v) is 3.83. The first kappa shape index (κ1) is 19.4. The summed E-state index contributed by atoms with van der Waals surface area (Å²) in [5, 5.41) is 3.68. The predicted molar refractivity (Wildman–Crippen MR) is 111 cm³/mol. The van der Waals surface area contributed by atoms with E-state index in [-0.39, 0.29) is 6.03 Å². The van der Waals surface area contributed by atoms with Crippen molar-refractivity contribution in [1.82, 2.24) is 4.90 Å². The molecule has 0 spiro atoms. The van der Waals surface area contributed by atoms with Crippen LogP contribution in [0.5, 0.6) is 5.75 Å². The lowest BCUT2D eigenvalue weighted by molar-refractivity contribution is 0.208. The van der Waals surface area contributed by atoms with Gasteiger partial charge < -0.3 is 19.9 Å². The normalized spacial score (nSPS) is 14.3. The molecule has 0 aromatic heterocycles. The fourth-order valence-electron chi connectivity index (χ4n) is 3.58. The Morgan fingerprint density at radius 3 is 2.22 bits per heavy atom. The maximum absolute atomic E-state index is 12.7. The summed E-state index contributed by atoms with van der Waals surface area (Å²) in [6.45, 7) is 8.99. The molecule has 1 saturated heterocycles. The van der Waals surface area contributed by atoms with Crippen molar-refractivity contribution >= 4 is 29.0 Å². The highest BCUT2D eigenvalue weighted by atomic mass is 35.5. The fraction of sp³-hybridized carbons (Fsp3) is 0.381. The van der Waals surface area contributed by atoms with Gasteiger partial charge in [0, 0.05) is 37.6 Å². The third-order valence-electron chi connectivity index (χ3n) is 4.98. The summed E-state index contributed by atoms with van der Waals surface area (Å²) in [6.07, 6.45) is 0. The second-order valence-electron chi connectivity index (χ2n) is 7.00. The number of piperazine rings is 1. The summed E-state index contributed by atoms with van der Waals surface area (Å²) < 4.78 is 5.21. The van der Waals surface area contributed by atoms with Crippen molar-refractivity contribution in [3.63, 3.8) is 0 Å². The first-order chi connectivity index (χ1) is 12.9. The van der Waals surface area contributed by atoms with Gasteiger partial charge in [-0.25, -0.2) is 4.79 Å². The number of ether oxygens (including phenoxy) is 1. The van der Waals surface area contributed by atoms with Gasteiger partial charge in [0.1, 0.15) is 5.75 Å². The molecule has 1 aliphatic rings. The Balaban J connectivity index is 1.62. The highest BCUT2D eigenvalue weighted by Crippen LogP contribution is 2.29. The summed E-state index contributed by atoms with van der Waals surface area (Å²) >= 11 is 6.23. The molecule has 2 aromatic carbocycles. The lowest BCUT2D eigenvalue weighted by Crippen LogP contribution is -2.50. The quantitative estimate of drug-likeness (QED) is 0.835. The number of aryl methyl sites for hydroxylation is 3. The van der Waals surface area contributed by atoms with Crippen LogP contribution in [-0.2, 0) is 0 Å². The number of nitrogens with zero attached hydrogens (tertiary/aromatic N) is 2. The molecule has 144 valence electrons. The molecule has 27 heavy (non-hydrogen) atoms. The summed E-state index contributed by atoms with van der Waals surface area (Å²) in [6, 6.07) is 9.92. The molecule has 1 aliphatic heterocycles. The number of methoxy groups -OCH3 is 1. The van der Waals surface area contributed by atoms with E-state index < -0.39 is 0 Å². The lowest BCUT2D eigenvalue weighted by Gasteiger charge is -2.36. The monoisotopic (exact) mass is 387 g/mol. The van der Waals surface area contributed by atoms with Gasteiger partial charge in [0.2, 0.25) is 0 Å². The van der Waals surface area contributed by atoms with Crippen molar-refractivity contribution in [2.24, 2.45) is 0 Å². The molecule has 0 saturated carbocycles. The van der Waals surface area contributed by atoms with E-state index in [1.165, 1.54) is 5.56 Å². The minimum absolute atomic E-state index is 0.0440. The molecule has 2 aromatic rings. The van der Waals surface area contributed by atoms with Crippen molar-refractivity contribution in [1.29, 1.82) is 0 Å². The highest BCUT2D eigenvalue weighted by molar-refractivity contribution is 6.32. The van der Waals surface area contributed by atoms with E-state index in [2.05, 4.69) is 29.3 Å². The van der Waals surface area contributed by atoms with Crippen LogP contribution in [0.15, 0.2) is 30.3 Å². The first-order valence-corrected chi connectivity index (χ1v) is 9.49. The van der Waals surface area contributed by atoms with Crippen LogP contribution in [0.2, 0.25) is 5.02 Å². The van der Waals surface area contributed by atoms with Gasteiger partial charge in [0.15, 0.2) is 0 Å². The SMILES string of the molecule is COc1ccc(N2CCN(C(=O)Nc3c(C)cc(C)cc3C)CC2)cc1Cl. The summed E-state index contributed by atoms with van der Waals surface area (Å²) in [7, 11) is 1.61. The van der Waals surface area contributed by atoms with E-state index in [1.807, 2.05) is 36.9 Å². The van der Waals surface area contributed by atoms with Crippen LogP contribution >= 0.6 is 11.6 Å². The van der Waals surface area contributed by atoms with E-state index in [9.17, 15) is 4.79 Å². The second kappa shape index (κ2) is 8.09. The average molecular weight is 388 g/mol. The highest BCUT2D eigenvalue weighted by Gasteiger charge is 2.22. The van der Waals surface area contributed by atoms with Crippen molar-refractivity contribution < 1.29 is 9.53 Å². The smallest absolute Gasteiger partial charge is 0.321 e. The Bertz CT molecular complexity index is 822. The maximum Gasteiger partial charge on any atom is 0.321 e. The summed E-state index contributed by atoms with van der Waals surface area (Å²) in [5.41, 5.74) is 5.34. The van der Waals surface area contributed by atoms with Gasteiger partial charge in [-0.1, -0.05) is 29.3 Å². The van der Waals surface area contributed by atoms with Crippen molar-refractivity contribution in [2.75, 3.05) is 43.5 Å². The van der Waals surface area contributed by atoms with Crippen LogP contribution in [0.1, 0.15) is 16.7 Å². The predicted octanol–water partition coefficient (Wildman–Crippen LogP) is 4.63. The number of benzene rings is 2. The molecule has 0 radical (unpaired) electrons. The van der Waals surface area contributed by atoms with E-state index >= 15 is 0 Å². The number of carbonyl (C=O) groups excluding carboxylic acids is 1. The molecule has 1 N–H and O–H groups in total.